The molecular weight excluding hydrogens is 208 g/mol. The SMILES string of the molecule is Cn1nc(C2CC2)cc1/C=C/c1ccccc1. The van der Waals surface area contributed by atoms with E-state index in [2.05, 4.69) is 47.6 Å². The third-order valence-corrected chi connectivity index (χ3v) is 3.18. The number of aromatic nitrogens is 2. The molecule has 0 amide bonds. The molecule has 0 aliphatic heterocycles. The summed E-state index contributed by atoms with van der Waals surface area (Å²) in [6.45, 7) is 0. The molecule has 2 aromatic rings. The normalized spacial score (nSPS) is 15.6. The minimum Gasteiger partial charge on any atom is -0.268 e. The van der Waals surface area contributed by atoms with Crippen LogP contribution in [0.1, 0.15) is 35.7 Å². The molecule has 0 spiro atoms. The van der Waals surface area contributed by atoms with E-state index in [4.69, 9.17) is 0 Å². The van der Waals surface area contributed by atoms with Crippen molar-refractivity contribution in [3.05, 3.63) is 53.3 Å². The summed E-state index contributed by atoms with van der Waals surface area (Å²) in [5, 5.41) is 4.55. The Hall–Kier alpha value is -1.83. The number of hydrogen-bond donors (Lipinski definition) is 0. The molecule has 0 atom stereocenters. The average molecular weight is 224 g/mol. The molecule has 3 rings (SSSR count). The third-order valence-electron chi connectivity index (χ3n) is 3.18. The summed E-state index contributed by atoms with van der Waals surface area (Å²) in [4.78, 5) is 0. The predicted octanol–water partition coefficient (Wildman–Crippen LogP) is 3.47. The van der Waals surface area contributed by atoms with Gasteiger partial charge in [0.05, 0.1) is 11.4 Å². The molecule has 1 fully saturated rings. The smallest absolute Gasteiger partial charge is 0.0661 e. The molecule has 0 saturated heterocycles. The summed E-state index contributed by atoms with van der Waals surface area (Å²) in [7, 11) is 2.01. The Morgan fingerprint density at radius 3 is 2.65 bits per heavy atom. The highest BCUT2D eigenvalue weighted by Gasteiger charge is 2.26. The minimum absolute atomic E-state index is 0.722. The van der Waals surface area contributed by atoms with E-state index in [1.165, 1.54) is 29.8 Å². The Balaban J connectivity index is 1.82. The summed E-state index contributed by atoms with van der Waals surface area (Å²) in [5.41, 5.74) is 3.65. The number of rotatable bonds is 3. The summed E-state index contributed by atoms with van der Waals surface area (Å²) < 4.78 is 1.97. The highest BCUT2D eigenvalue weighted by atomic mass is 15.3. The molecular formula is C15H16N2. The van der Waals surface area contributed by atoms with Gasteiger partial charge in [0.1, 0.15) is 0 Å². The summed E-state index contributed by atoms with van der Waals surface area (Å²) in [5.74, 6) is 0.722. The highest BCUT2D eigenvalue weighted by Crippen LogP contribution is 2.39. The zero-order chi connectivity index (χ0) is 11.7. The van der Waals surface area contributed by atoms with Gasteiger partial charge in [-0.15, -0.1) is 0 Å². The first-order chi connectivity index (χ1) is 8.33. The second kappa shape index (κ2) is 4.21. The maximum Gasteiger partial charge on any atom is 0.0661 e. The fourth-order valence-corrected chi connectivity index (χ4v) is 1.99. The van der Waals surface area contributed by atoms with Crippen LogP contribution in [0, 0.1) is 0 Å². The van der Waals surface area contributed by atoms with Gasteiger partial charge in [0, 0.05) is 13.0 Å². The molecule has 0 unspecified atom stereocenters. The van der Waals surface area contributed by atoms with E-state index in [0.717, 1.165) is 5.92 Å². The first kappa shape index (κ1) is 10.3. The molecule has 2 heteroatoms. The molecule has 1 aromatic carbocycles. The third kappa shape index (κ3) is 2.31. The van der Waals surface area contributed by atoms with E-state index in [0.29, 0.717) is 0 Å². The molecule has 1 saturated carbocycles. The van der Waals surface area contributed by atoms with E-state index in [9.17, 15) is 0 Å². The molecule has 1 aliphatic carbocycles. The van der Waals surface area contributed by atoms with Crippen molar-refractivity contribution < 1.29 is 0 Å². The van der Waals surface area contributed by atoms with Gasteiger partial charge in [-0.1, -0.05) is 36.4 Å². The molecule has 1 heterocycles. The van der Waals surface area contributed by atoms with E-state index < -0.39 is 0 Å². The lowest BCUT2D eigenvalue weighted by Gasteiger charge is -1.94. The highest BCUT2D eigenvalue weighted by molar-refractivity contribution is 5.68. The van der Waals surface area contributed by atoms with Gasteiger partial charge < -0.3 is 0 Å². The average Bonchev–Trinajstić information content (AvgIpc) is 3.13. The molecule has 1 aromatic heterocycles. The van der Waals surface area contributed by atoms with Crippen LogP contribution in [0.3, 0.4) is 0 Å². The molecule has 2 nitrogen and oxygen atoms in total. The van der Waals surface area contributed by atoms with E-state index in [1.807, 2.05) is 17.8 Å². The van der Waals surface area contributed by atoms with Gasteiger partial charge in [0.15, 0.2) is 0 Å². The first-order valence-corrected chi connectivity index (χ1v) is 6.10. The second-order valence-corrected chi connectivity index (χ2v) is 4.64. The van der Waals surface area contributed by atoms with Crippen LogP contribution in [0.15, 0.2) is 36.4 Å². The maximum atomic E-state index is 4.55. The van der Waals surface area contributed by atoms with Crippen LogP contribution in [-0.2, 0) is 7.05 Å². The number of hydrogen-bond acceptors (Lipinski definition) is 1. The predicted molar refractivity (Wildman–Crippen MR) is 70.6 cm³/mol. The standard InChI is InChI=1S/C15H16N2/c1-17-14(11-15(16-17)13-8-9-13)10-7-12-5-3-2-4-6-12/h2-7,10-11,13H,8-9H2,1H3/b10-7+. The van der Waals surface area contributed by atoms with Crippen molar-refractivity contribution in [3.63, 3.8) is 0 Å². The van der Waals surface area contributed by atoms with Crippen LogP contribution in [0.2, 0.25) is 0 Å². The summed E-state index contributed by atoms with van der Waals surface area (Å²) in [6, 6.07) is 12.6. The van der Waals surface area contributed by atoms with E-state index in [-0.39, 0.29) is 0 Å². The Kier molecular flexibility index (Phi) is 2.56. The van der Waals surface area contributed by atoms with Gasteiger partial charge in [0.25, 0.3) is 0 Å². The fourth-order valence-electron chi connectivity index (χ4n) is 1.99. The summed E-state index contributed by atoms with van der Waals surface area (Å²) >= 11 is 0. The van der Waals surface area contributed by atoms with Crippen LogP contribution < -0.4 is 0 Å². The summed E-state index contributed by atoms with van der Waals surface area (Å²) in [6.07, 6.45) is 6.87. The van der Waals surface area contributed by atoms with Crippen LogP contribution in [0.25, 0.3) is 12.2 Å². The van der Waals surface area contributed by atoms with Crippen LogP contribution in [0.4, 0.5) is 0 Å². The number of aryl methyl sites for hydroxylation is 1. The largest absolute Gasteiger partial charge is 0.268 e. The van der Waals surface area contributed by atoms with Crippen molar-refractivity contribution >= 4 is 12.2 Å². The Morgan fingerprint density at radius 2 is 1.94 bits per heavy atom. The van der Waals surface area contributed by atoms with Gasteiger partial charge in [-0.3, -0.25) is 4.68 Å². The Morgan fingerprint density at radius 1 is 1.18 bits per heavy atom. The van der Waals surface area contributed by atoms with Crippen molar-refractivity contribution in [2.45, 2.75) is 18.8 Å². The number of benzene rings is 1. The topological polar surface area (TPSA) is 17.8 Å². The Bertz CT molecular complexity index is 533. The minimum atomic E-state index is 0.722. The fraction of sp³-hybridized carbons (Fsp3) is 0.267. The Labute approximate surface area is 102 Å². The lowest BCUT2D eigenvalue weighted by molar-refractivity contribution is 0.737. The molecule has 0 radical (unpaired) electrons. The molecule has 86 valence electrons. The molecule has 0 N–H and O–H groups in total. The lowest BCUT2D eigenvalue weighted by atomic mass is 10.2. The maximum absolute atomic E-state index is 4.55. The van der Waals surface area contributed by atoms with Gasteiger partial charge in [-0.25, -0.2) is 0 Å². The number of nitrogens with zero attached hydrogens (tertiary/aromatic N) is 2. The van der Waals surface area contributed by atoms with Gasteiger partial charge in [-0.05, 0) is 30.5 Å². The second-order valence-electron chi connectivity index (χ2n) is 4.64. The van der Waals surface area contributed by atoms with Crippen molar-refractivity contribution in [2.75, 3.05) is 0 Å². The van der Waals surface area contributed by atoms with Gasteiger partial charge >= 0.3 is 0 Å². The molecule has 0 bridgehead atoms. The van der Waals surface area contributed by atoms with E-state index in [1.54, 1.807) is 0 Å². The van der Waals surface area contributed by atoms with Crippen molar-refractivity contribution in [1.29, 1.82) is 0 Å². The van der Waals surface area contributed by atoms with Gasteiger partial charge in [-0.2, -0.15) is 5.10 Å². The van der Waals surface area contributed by atoms with E-state index >= 15 is 0 Å². The van der Waals surface area contributed by atoms with Crippen molar-refractivity contribution in [1.82, 2.24) is 9.78 Å². The van der Waals surface area contributed by atoms with Crippen molar-refractivity contribution in [3.8, 4) is 0 Å². The molecule has 17 heavy (non-hydrogen) atoms. The van der Waals surface area contributed by atoms with Crippen molar-refractivity contribution in [2.24, 2.45) is 7.05 Å². The monoisotopic (exact) mass is 224 g/mol. The lowest BCUT2D eigenvalue weighted by Crippen LogP contribution is -1.93. The molecule has 1 aliphatic rings. The quantitative estimate of drug-likeness (QED) is 0.780. The van der Waals surface area contributed by atoms with Gasteiger partial charge in [0.2, 0.25) is 0 Å². The van der Waals surface area contributed by atoms with Crippen LogP contribution >= 0.6 is 0 Å². The zero-order valence-corrected chi connectivity index (χ0v) is 10.0. The first-order valence-electron chi connectivity index (χ1n) is 6.10. The van der Waals surface area contributed by atoms with Crippen LogP contribution in [0.5, 0.6) is 0 Å². The van der Waals surface area contributed by atoms with Crippen LogP contribution in [-0.4, -0.2) is 9.78 Å². The zero-order valence-electron chi connectivity index (χ0n) is 10.0.